The molecular weight excluding hydrogens is 250 g/mol. The van der Waals surface area contributed by atoms with Crippen LogP contribution < -0.4 is 11.1 Å². The van der Waals surface area contributed by atoms with Gasteiger partial charge in [-0.3, -0.25) is 9.69 Å². The smallest absolute Gasteiger partial charge is 0.237 e. The maximum Gasteiger partial charge on any atom is 0.237 e. The molecule has 0 spiro atoms. The van der Waals surface area contributed by atoms with Gasteiger partial charge in [-0.1, -0.05) is 32.6 Å². The summed E-state index contributed by atoms with van der Waals surface area (Å²) in [4.78, 5) is 14.7. The lowest BCUT2D eigenvalue weighted by molar-refractivity contribution is -0.127. The first-order valence-corrected chi connectivity index (χ1v) is 8.41. The number of carbonyl (C=O) groups is 1. The fraction of sp³-hybridized carbons (Fsp3) is 0.938. The summed E-state index contributed by atoms with van der Waals surface area (Å²) < 4.78 is 0. The van der Waals surface area contributed by atoms with E-state index in [2.05, 4.69) is 17.1 Å². The Morgan fingerprint density at radius 1 is 1.30 bits per heavy atom. The van der Waals surface area contributed by atoms with E-state index >= 15 is 0 Å². The van der Waals surface area contributed by atoms with Crippen molar-refractivity contribution in [1.82, 2.24) is 10.2 Å². The Morgan fingerprint density at radius 3 is 2.65 bits per heavy atom. The summed E-state index contributed by atoms with van der Waals surface area (Å²) in [6, 6.07) is 0.705. The molecule has 1 saturated carbocycles. The number of hydrogen-bond donors (Lipinski definition) is 2. The van der Waals surface area contributed by atoms with E-state index in [-0.39, 0.29) is 11.9 Å². The highest BCUT2D eigenvalue weighted by Gasteiger charge is 2.31. The van der Waals surface area contributed by atoms with Gasteiger partial charge in [0.05, 0.1) is 6.04 Å². The summed E-state index contributed by atoms with van der Waals surface area (Å²) in [7, 11) is 0. The third-order valence-corrected chi connectivity index (χ3v) is 5.23. The molecule has 1 aliphatic heterocycles. The van der Waals surface area contributed by atoms with Crippen molar-refractivity contribution < 1.29 is 4.79 Å². The van der Waals surface area contributed by atoms with Crippen molar-refractivity contribution in [1.29, 1.82) is 0 Å². The lowest BCUT2D eigenvalue weighted by Crippen LogP contribution is -2.55. The molecule has 0 aromatic heterocycles. The third kappa shape index (κ3) is 3.95. The second kappa shape index (κ2) is 7.41. The molecule has 3 unspecified atom stereocenters. The summed E-state index contributed by atoms with van der Waals surface area (Å²) in [5.74, 6) is 0.746. The zero-order chi connectivity index (χ0) is 14.5. The summed E-state index contributed by atoms with van der Waals surface area (Å²) in [5, 5.41) is 3.25. The van der Waals surface area contributed by atoms with Crippen molar-refractivity contribution in [3.8, 4) is 0 Å². The van der Waals surface area contributed by atoms with E-state index in [1.165, 1.54) is 19.3 Å². The van der Waals surface area contributed by atoms with E-state index in [1.54, 1.807) is 0 Å². The van der Waals surface area contributed by atoms with Crippen LogP contribution in [0.2, 0.25) is 0 Å². The van der Waals surface area contributed by atoms with E-state index in [0.29, 0.717) is 18.0 Å². The van der Waals surface area contributed by atoms with Crippen LogP contribution in [0.1, 0.15) is 58.8 Å². The highest BCUT2D eigenvalue weighted by atomic mass is 16.2. The van der Waals surface area contributed by atoms with Gasteiger partial charge >= 0.3 is 0 Å². The minimum Gasteiger partial charge on any atom is -0.352 e. The van der Waals surface area contributed by atoms with Gasteiger partial charge in [0.2, 0.25) is 5.91 Å². The Bertz CT molecular complexity index is 315. The zero-order valence-corrected chi connectivity index (χ0v) is 13.1. The van der Waals surface area contributed by atoms with Crippen LogP contribution in [0.3, 0.4) is 0 Å². The van der Waals surface area contributed by atoms with Gasteiger partial charge in [-0.25, -0.2) is 0 Å². The molecule has 1 aliphatic carbocycles. The summed E-state index contributed by atoms with van der Waals surface area (Å²) in [6.45, 7) is 6.16. The minimum absolute atomic E-state index is 0.0153. The Morgan fingerprint density at radius 2 is 2.00 bits per heavy atom. The SMILES string of the molecule is CCC1CN(C(C)C(=O)NC2CCCCC2)CCC1N. The minimum atomic E-state index is -0.0153. The number of piperidine rings is 1. The molecule has 3 atom stereocenters. The Labute approximate surface area is 123 Å². The predicted octanol–water partition coefficient (Wildman–Crippen LogP) is 1.88. The topological polar surface area (TPSA) is 58.4 Å². The molecule has 2 aliphatic rings. The van der Waals surface area contributed by atoms with Crippen LogP contribution in [0.4, 0.5) is 0 Å². The molecule has 0 radical (unpaired) electrons. The molecule has 1 heterocycles. The van der Waals surface area contributed by atoms with Gasteiger partial charge in [0.25, 0.3) is 0 Å². The van der Waals surface area contributed by atoms with Gasteiger partial charge in [-0.05, 0) is 32.1 Å². The monoisotopic (exact) mass is 281 g/mol. The maximum atomic E-state index is 12.4. The number of rotatable bonds is 4. The van der Waals surface area contributed by atoms with E-state index < -0.39 is 0 Å². The maximum absolute atomic E-state index is 12.4. The van der Waals surface area contributed by atoms with E-state index in [0.717, 1.165) is 38.8 Å². The Balaban J connectivity index is 1.83. The Kier molecular flexibility index (Phi) is 5.85. The molecule has 3 N–H and O–H groups in total. The summed E-state index contributed by atoms with van der Waals surface area (Å²) >= 11 is 0. The van der Waals surface area contributed by atoms with Crippen LogP contribution in [0.15, 0.2) is 0 Å². The van der Waals surface area contributed by atoms with Crippen molar-refractivity contribution >= 4 is 5.91 Å². The van der Waals surface area contributed by atoms with Crippen molar-refractivity contribution in [3.05, 3.63) is 0 Å². The average molecular weight is 281 g/mol. The fourth-order valence-corrected chi connectivity index (χ4v) is 3.60. The molecule has 2 rings (SSSR count). The average Bonchev–Trinajstić information content (AvgIpc) is 2.48. The van der Waals surface area contributed by atoms with Crippen molar-refractivity contribution in [3.63, 3.8) is 0 Å². The standard InChI is InChI=1S/C16H31N3O/c1-3-13-11-19(10-9-15(13)17)12(2)16(20)18-14-7-5-4-6-8-14/h12-15H,3-11,17H2,1-2H3,(H,18,20). The van der Waals surface area contributed by atoms with E-state index in [1.807, 2.05) is 6.92 Å². The second-order valence-corrected chi connectivity index (χ2v) is 6.64. The Hall–Kier alpha value is -0.610. The molecule has 4 heteroatoms. The second-order valence-electron chi connectivity index (χ2n) is 6.64. The lowest BCUT2D eigenvalue weighted by Gasteiger charge is -2.39. The van der Waals surface area contributed by atoms with Crippen LogP contribution in [0, 0.1) is 5.92 Å². The van der Waals surface area contributed by atoms with Crippen LogP contribution >= 0.6 is 0 Å². The van der Waals surface area contributed by atoms with Gasteiger partial charge in [-0.15, -0.1) is 0 Å². The van der Waals surface area contributed by atoms with Crippen LogP contribution in [-0.2, 0) is 4.79 Å². The largest absolute Gasteiger partial charge is 0.352 e. The number of amides is 1. The number of likely N-dealkylation sites (tertiary alicyclic amines) is 1. The quantitative estimate of drug-likeness (QED) is 0.827. The number of carbonyl (C=O) groups excluding carboxylic acids is 1. The first kappa shape index (κ1) is 15.8. The van der Waals surface area contributed by atoms with Crippen molar-refractivity contribution in [2.75, 3.05) is 13.1 Å². The molecule has 0 aromatic rings. The lowest BCUT2D eigenvalue weighted by atomic mass is 9.90. The molecule has 4 nitrogen and oxygen atoms in total. The number of nitrogens with one attached hydrogen (secondary N) is 1. The number of nitrogens with zero attached hydrogens (tertiary/aromatic N) is 1. The molecule has 116 valence electrons. The van der Waals surface area contributed by atoms with E-state index in [9.17, 15) is 4.79 Å². The zero-order valence-electron chi connectivity index (χ0n) is 13.1. The number of hydrogen-bond acceptors (Lipinski definition) is 3. The molecule has 0 bridgehead atoms. The molecule has 0 aromatic carbocycles. The fourth-order valence-electron chi connectivity index (χ4n) is 3.60. The predicted molar refractivity (Wildman–Crippen MR) is 82.4 cm³/mol. The molecule has 1 amide bonds. The number of nitrogens with two attached hydrogens (primary N) is 1. The van der Waals surface area contributed by atoms with E-state index in [4.69, 9.17) is 5.73 Å². The van der Waals surface area contributed by atoms with Gasteiger partial charge < -0.3 is 11.1 Å². The van der Waals surface area contributed by atoms with Gasteiger partial charge in [0.15, 0.2) is 0 Å². The van der Waals surface area contributed by atoms with Crippen LogP contribution in [-0.4, -0.2) is 42.0 Å². The van der Waals surface area contributed by atoms with Crippen molar-refractivity contribution in [2.45, 2.75) is 76.9 Å². The highest BCUT2D eigenvalue weighted by Crippen LogP contribution is 2.21. The summed E-state index contributed by atoms with van der Waals surface area (Å²) in [5.41, 5.74) is 6.15. The van der Waals surface area contributed by atoms with Gasteiger partial charge in [-0.2, -0.15) is 0 Å². The third-order valence-electron chi connectivity index (χ3n) is 5.23. The molecule has 2 fully saturated rings. The molecule has 1 saturated heterocycles. The summed E-state index contributed by atoms with van der Waals surface area (Å²) in [6.07, 6.45) is 8.27. The molecular formula is C16H31N3O. The van der Waals surface area contributed by atoms with Crippen LogP contribution in [0.5, 0.6) is 0 Å². The normalized spacial score (nSPS) is 30.9. The van der Waals surface area contributed by atoms with Crippen molar-refractivity contribution in [2.24, 2.45) is 11.7 Å². The van der Waals surface area contributed by atoms with Gasteiger partial charge in [0, 0.05) is 25.2 Å². The first-order valence-electron chi connectivity index (χ1n) is 8.41. The molecule has 20 heavy (non-hydrogen) atoms. The van der Waals surface area contributed by atoms with Crippen LogP contribution in [0.25, 0.3) is 0 Å². The van der Waals surface area contributed by atoms with Gasteiger partial charge in [0.1, 0.15) is 0 Å². The first-order chi connectivity index (χ1) is 9.61. The highest BCUT2D eigenvalue weighted by molar-refractivity contribution is 5.81.